The summed E-state index contributed by atoms with van der Waals surface area (Å²) in [5, 5.41) is 2.86. The molecule has 2 heterocycles. The lowest BCUT2D eigenvalue weighted by Crippen LogP contribution is -2.13. The van der Waals surface area contributed by atoms with Crippen molar-refractivity contribution in [3.8, 4) is 0 Å². The number of nitrogens with two attached hydrogens (primary N) is 1. The first-order valence-corrected chi connectivity index (χ1v) is 5.09. The van der Waals surface area contributed by atoms with Crippen LogP contribution in [-0.4, -0.2) is 10.9 Å². The van der Waals surface area contributed by atoms with E-state index < -0.39 is 0 Å². The maximum Gasteiger partial charge on any atom is 0.237 e. The maximum atomic E-state index is 11.9. The van der Waals surface area contributed by atoms with E-state index in [1.54, 1.807) is 12.3 Å². The van der Waals surface area contributed by atoms with Crippen LogP contribution in [0.3, 0.4) is 0 Å². The van der Waals surface area contributed by atoms with E-state index in [2.05, 4.69) is 10.3 Å². The van der Waals surface area contributed by atoms with E-state index in [1.165, 1.54) is 0 Å². The van der Waals surface area contributed by atoms with Gasteiger partial charge in [0.15, 0.2) is 0 Å². The van der Waals surface area contributed by atoms with E-state index in [9.17, 15) is 4.79 Å². The number of carbonyl (C=O) groups is 1. The monoisotopic (exact) mass is 213 g/mol. The third kappa shape index (κ3) is 1.20. The van der Waals surface area contributed by atoms with Gasteiger partial charge in [-0.15, -0.1) is 0 Å². The van der Waals surface area contributed by atoms with Crippen molar-refractivity contribution in [1.82, 2.24) is 4.98 Å². The number of anilines is 2. The quantitative estimate of drug-likeness (QED) is 0.674. The number of carbonyl (C=O) groups excluding carboxylic acids is 1. The molecular formula is C12H11N3O. The van der Waals surface area contributed by atoms with E-state index in [4.69, 9.17) is 5.73 Å². The molecule has 0 spiro atoms. The Morgan fingerprint density at radius 3 is 2.81 bits per heavy atom. The van der Waals surface area contributed by atoms with Crippen LogP contribution in [0.2, 0.25) is 0 Å². The second kappa shape index (κ2) is 3.13. The molecule has 1 unspecified atom stereocenters. The molecule has 4 heteroatoms. The van der Waals surface area contributed by atoms with Crippen LogP contribution in [0.25, 0.3) is 0 Å². The molecule has 0 aliphatic carbocycles. The normalized spacial score (nSPS) is 18.2. The molecule has 1 amide bonds. The van der Waals surface area contributed by atoms with Gasteiger partial charge in [0.25, 0.3) is 0 Å². The number of H-pyrrole nitrogens is 1. The number of rotatable bonds is 1. The average Bonchev–Trinajstić information content (AvgIpc) is 2.80. The maximum absolute atomic E-state index is 11.9. The highest BCUT2D eigenvalue weighted by Gasteiger charge is 2.32. The fraction of sp³-hybridized carbons (Fsp3) is 0.0833. The largest absolute Gasteiger partial charge is 0.397 e. The fourth-order valence-electron chi connectivity index (χ4n) is 2.11. The minimum atomic E-state index is -0.270. The number of aromatic amines is 1. The van der Waals surface area contributed by atoms with Gasteiger partial charge in [0.05, 0.1) is 0 Å². The van der Waals surface area contributed by atoms with Crippen LogP contribution >= 0.6 is 0 Å². The SMILES string of the molecule is Nc1c[nH]c(C2C(=O)Nc3ccccc32)c1. The van der Waals surface area contributed by atoms with E-state index >= 15 is 0 Å². The van der Waals surface area contributed by atoms with Crippen molar-refractivity contribution in [3.05, 3.63) is 47.8 Å². The molecule has 1 aliphatic heterocycles. The zero-order chi connectivity index (χ0) is 11.1. The predicted octanol–water partition coefficient (Wildman–Crippen LogP) is 1.68. The first-order chi connectivity index (χ1) is 7.75. The number of para-hydroxylation sites is 1. The Kier molecular flexibility index (Phi) is 1.77. The summed E-state index contributed by atoms with van der Waals surface area (Å²) in [5.74, 6) is -0.281. The number of benzene rings is 1. The topological polar surface area (TPSA) is 70.9 Å². The van der Waals surface area contributed by atoms with Gasteiger partial charge in [-0.3, -0.25) is 4.79 Å². The average molecular weight is 213 g/mol. The van der Waals surface area contributed by atoms with E-state index in [0.29, 0.717) is 5.69 Å². The summed E-state index contributed by atoms with van der Waals surface area (Å²) in [6.07, 6.45) is 1.70. The van der Waals surface area contributed by atoms with Crippen LogP contribution in [0.5, 0.6) is 0 Å². The molecule has 1 aromatic carbocycles. The van der Waals surface area contributed by atoms with Gasteiger partial charge in [-0.2, -0.15) is 0 Å². The molecule has 0 fully saturated rings. The molecule has 1 aromatic heterocycles. The van der Waals surface area contributed by atoms with Crippen molar-refractivity contribution in [2.24, 2.45) is 0 Å². The highest BCUT2D eigenvalue weighted by atomic mass is 16.2. The van der Waals surface area contributed by atoms with Crippen molar-refractivity contribution in [2.75, 3.05) is 11.1 Å². The molecule has 0 bridgehead atoms. The molecule has 4 N–H and O–H groups in total. The Morgan fingerprint density at radius 1 is 1.25 bits per heavy atom. The number of fused-ring (bicyclic) bond motifs is 1. The fourth-order valence-corrected chi connectivity index (χ4v) is 2.11. The van der Waals surface area contributed by atoms with Crippen molar-refractivity contribution < 1.29 is 4.79 Å². The van der Waals surface area contributed by atoms with Crippen LogP contribution in [-0.2, 0) is 4.79 Å². The van der Waals surface area contributed by atoms with Gasteiger partial charge in [-0.25, -0.2) is 0 Å². The van der Waals surface area contributed by atoms with Crippen LogP contribution in [0, 0.1) is 0 Å². The summed E-state index contributed by atoms with van der Waals surface area (Å²) in [6.45, 7) is 0. The van der Waals surface area contributed by atoms with Crippen LogP contribution in [0.15, 0.2) is 36.5 Å². The third-order valence-corrected chi connectivity index (χ3v) is 2.83. The summed E-state index contributed by atoms with van der Waals surface area (Å²) in [5.41, 5.74) is 9.00. The van der Waals surface area contributed by atoms with Gasteiger partial charge in [-0.1, -0.05) is 18.2 Å². The third-order valence-electron chi connectivity index (χ3n) is 2.83. The highest BCUT2D eigenvalue weighted by molar-refractivity contribution is 6.04. The Morgan fingerprint density at radius 2 is 2.06 bits per heavy atom. The summed E-state index contributed by atoms with van der Waals surface area (Å²) in [4.78, 5) is 14.9. The zero-order valence-corrected chi connectivity index (χ0v) is 8.53. The lowest BCUT2D eigenvalue weighted by atomic mass is 9.97. The molecule has 0 saturated carbocycles. The minimum Gasteiger partial charge on any atom is -0.397 e. The zero-order valence-electron chi connectivity index (χ0n) is 8.53. The number of nitrogens with one attached hydrogen (secondary N) is 2. The Bertz CT molecular complexity index is 559. The minimum absolute atomic E-state index is 0.0111. The van der Waals surface area contributed by atoms with Gasteiger partial charge in [-0.05, 0) is 17.7 Å². The van der Waals surface area contributed by atoms with Crippen molar-refractivity contribution >= 4 is 17.3 Å². The van der Waals surface area contributed by atoms with Gasteiger partial charge in [0.1, 0.15) is 5.92 Å². The number of nitrogen functional groups attached to an aromatic ring is 1. The molecule has 0 saturated heterocycles. The van der Waals surface area contributed by atoms with E-state index in [1.807, 2.05) is 24.3 Å². The molecule has 2 aromatic rings. The summed E-state index contributed by atoms with van der Waals surface area (Å²) < 4.78 is 0. The van der Waals surface area contributed by atoms with Crippen LogP contribution in [0.1, 0.15) is 17.2 Å². The van der Waals surface area contributed by atoms with Crippen molar-refractivity contribution in [2.45, 2.75) is 5.92 Å². The standard InChI is InChI=1S/C12H11N3O/c13-7-5-10(14-6-7)11-8-3-1-2-4-9(8)15-12(11)16/h1-6,11,14H,13H2,(H,15,16). The molecule has 1 aliphatic rings. The van der Waals surface area contributed by atoms with Crippen molar-refractivity contribution in [1.29, 1.82) is 0 Å². The molecule has 3 rings (SSSR count). The van der Waals surface area contributed by atoms with E-state index in [-0.39, 0.29) is 11.8 Å². The Hall–Kier alpha value is -2.23. The molecule has 16 heavy (non-hydrogen) atoms. The lowest BCUT2D eigenvalue weighted by molar-refractivity contribution is -0.116. The van der Waals surface area contributed by atoms with Crippen molar-refractivity contribution in [3.63, 3.8) is 0 Å². The molecular weight excluding hydrogens is 202 g/mol. The molecule has 80 valence electrons. The number of aromatic nitrogens is 1. The molecule has 1 atom stereocenters. The summed E-state index contributed by atoms with van der Waals surface area (Å²) >= 11 is 0. The smallest absolute Gasteiger partial charge is 0.237 e. The van der Waals surface area contributed by atoms with Gasteiger partial charge >= 0.3 is 0 Å². The van der Waals surface area contributed by atoms with Gasteiger partial charge in [0, 0.05) is 23.3 Å². The first-order valence-electron chi connectivity index (χ1n) is 5.09. The van der Waals surface area contributed by atoms with Gasteiger partial charge in [0.2, 0.25) is 5.91 Å². The second-order valence-electron chi connectivity index (χ2n) is 3.90. The molecule has 0 radical (unpaired) electrons. The number of amides is 1. The predicted molar refractivity (Wildman–Crippen MR) is 62.1 cm³/mol. The molecule has 4 nitrogen and oxygen atoms in total. The Balaban J connectivity index is 2.12. The van der Waals surface area contributed by atoms with Gasteiger partial charge < -0.3 is 16.0 Å². The second-order valence-corrected chi connectivity index (χ2v) is 3.90. The van der Waals surface area contributed by atoms with E-state index in [0.717, 1.165) is 16.9 Å². The highest BCUT2D eigenvalue weighted by Crippen LogP contribution is 2.36. The summed E-state index contributed by atoms with van der Waals surface area (Å²) in [7, 11) is 0. The summed E-state index contributed by atoms with van der Waals surface area (Å²) in [6, 6.07) is 9.49. The number of hydrogen-bond donors (Lipinski definition) is 3. The van der Waals surface area contributed by atoms with Crippen LogP contribution in [0.4, 0.5) is 11.4 Å². The van der Waals surface area contributed by atoms with Crippen LogP contribution < -0.4 is 11.1 Å². The lowest BCUT2D eigenvalue weighted by Gasteiger charge is -2.05. The first kappa shape index (κ1) is 9.03. The Labute approximate surface area is 92.5 Å². The number of hydrogen-bond acceptors (Lipinski definition) is 2.